The molecule has 27 heavy (non-hydrogen) atoms. The van der Waals surface area contributed by atoms with Gasteiger partial charge in [0.2, 0.25) is 0 Å². The lowest BCUT2D eigenvalue weighted by molar-refractivity contribution is -0.124. The van der Waals surface area contributed by atoms with E-state index in [9.17, 15) is 14.7 Å². The number of carbonyl (C=O) groups excluding carboxylic acids is 1. The number of aliphatic imine (C=N–C) groups is 1. The van der Waals surface area contributed by atoms with Crippen LogP contribution in [0.4, 0.5) is 0 Å². The molecule has 6 heteroatoms. The van der Waals surface area contributed by atoms with Crippen molar-refractivity contribution in [3.05, 3.63) is 65.0 Å². The molecule has 0 aliphatic carbocycles. The highest BCUT2D eigenvalue weighted by Crippen LogP contribution is 2.27. The predicted octanol–water partition coefficient (Wildman–Crippen LogP) is 3.24. The monoisotopic (exact) mass is 363 g/mol. The molecule has 0 saturated heterocycles. The summed E-state index contributed by atoms with van der Waals surface area (Å²) in [7, 11) is 0. The highest BCUT2D eigenvalue weighted by atomic mass is 16.4. The van der Waals surface area contributed by atoms with E-state index in [1.165, 1.54) is 6.07 Å². The SMILES string of the molecule is CC(C)C1(C)N=C(c2ncc(/C=C\c3ccccc3)cc2C(=O)O)NC1=O. The average Bonchev–Trinajstić information content (AvgIpc) is 2.96. The second-order valence-corrected chi connectivity index (χ2v) is 6.93. The molecule has 1 aliphatic rings. The van der Waals surface area contributed by atoms with Gasteiger partial charge in [-0.05, 0) is 30.0 Å². The van der Waals surface area contributed by atoms with E-state index < -0.39 is 11.5 Å². The molecule has 0 radical (unpaired) electrons. The Balaban J connectivity index is 1.97. The lowest BCUT2D eigenvalue weighted by Crippen LogP contribution is -2.41. The molecule has 3 rings (SSSR count). The molecule has 1 aliphatic heterocycles. The van der Waals surface area contributed by atoms with Crippen LogP contribution in [0.15, 0.2) is 47.6 Å². The van der Waals surface area contributed by atoms with Gasteiger partial charge in [0, 0.05) is 6.20 Å². The fourth-order valence-corrected chi connectivity index (χ4v) is 2.73. The summed E-state index contributed by atoms with van der Waals surface area (Å²) >= 11 is 0. The zero-order valence-corrected chi connectivity index (χ0v) is 15.4. The van der Waals surface area contributed by atoms with E-state index in [0.717, 1.165) is 5.56 Å². The quantitative estimate of drug-likeness (QED) is 0.853. The molecule has 0 fully saturated rings. The Morgan fingerprint density at radius 3 is 2.44 bits per heavy atom. The van der Waals surface area contributed by atoms with Crippen LogP contribution in [-0.2, 0) is 4.79 Å². The van der Waals surface area contributed by atoms with Crippen molar-refractivity contribution in [2.75, 3.05) is 0 Å². The molecule has 2 N–H and O–H groups in total. The number of rotatable bonds is 5. The molecule has 2 heterocycles. The fourth-order valence-electron chi connectivity index (χ4n) is 2.73. The normalized spacial score (nSPS) is 19.4. The van der Waals surface area contributed by atoms with Crippen LogP contribution in [0, 0.1) is 5.92 Å². The number of carboxylic acid groups (broad SMARTS) is 1. The Morgan fingerprint density at radius 1 is 1.19 bits per heavy atom. The molecule has 138 valence electrons. The number of benzene rings is 1. The zero-order chi connectivity index (χ0) is 19.6. The van der Waals surface area contributed by atoms with Crippen LogP contribution in [0.25, 0.3) is 12.2 Å². The number of hydrogen-bond donors (Lipinski definition) is 2. The molecule has 0 saturated carbocycles. The van der Waals surface area contributed by atoms with Crippen LogP contribution in [0.5, 0.6) is 0 Å². The van der Waals surface area contributed by atoms with E-state index in [1.807, 2.05) is 50.3 Å². The lowest BCUT2D eigenvalue weighted by atomic mass is 9.89. The third-order valence-electron chi connectivity index (χ3n) is 4.79. The fraction of sp³-hybridized carbons (Fsp3) is 0.238. The number of nitrogens with zero attached hydrogens (tertiary/aromatic N) is 2. The summed E-state index contributed by atoms with van der Waals surface area (Å²) in [4.78, 5) is 32.8. The van der Waals surface area contributed by atoms with E-state index in [1.54, 1.807) is 19.2 Å². The van der Waals surface area contributed by atoms with E-state index in [0.29, 0.717) is 5.56 Å². The van der Waals surface area contributed by atoms with Gasteiger partial charge < -0.3 is 10.4 Å². The summed E-state index contributed by atoms with van der Waals surface area (Å²) in [6.07, 6.45) is 5.25. The van der Waals surface area contributed by atoms with Crippen LogP contribution in [-0.4, -0.2) is 33.3 Å². The molecule has 1 amide bonds. The number of amidine groups is 1. The minimum absolute atomic E-state index is 0.00253. The van der Waals surface area contributed by atoms with Crippen molar-refractivity contribution in [3.63, 3.8) is 0 Å². The Kier molecular flexibility index (Phi) is 4.90. The molecule has 1 atom stereocenters. The average molecular weight is 363 g/mol. The molecular formula is C21H21N3O3. The number of carbonyl (C=O) groups is 2. The summed E-state index contributed by atoms with van der Waals surface area (Å²) < 4.78 is 0. The molecule has 0 spiro atoms. The number of amides is 1. The van der Waals surface area contributed by atoms with Gasteiger partial charge in [-0.25, -0.2) is 9.79 Å². The van der Waals surface area contributed by atoms with Gasteiger partial charge in [-0.15, -0.1) is 0 Å². The highest BCUT2D eigenvalue weighted by molar-refractivity contribution is 6.17. The van der Waals surface area contributed by atoms with Crippen LogP contribution in [0.1, 0.15) is 48.0 Å². The van der Waals surface area contributed by atoms with Crippen molar-refractivity contribution in [1.29, 1.82) is 0 Å². The maximum atomic E-state index is 12.3. The maximum Gasteiger partial charge on any atom is 0.338 e. The smallest absolute Gasteiger partial charge is 0.338 e. The van der Waals surface area contributed by atoms with Gasteiger partial charge in [-0.1, -0.05) is 56.3 Å². The third kappa shape index (κ3) is 3.65. The molecule has 1 aromatic carbocycles. The molecule has 1 unspecified atom stereocenters. The number of aromatic nitrogens is 1. The number of nitrogens with one attached hydrogen (secondary N) is 1. The first-order valence-corrected chi connectivity index (χ1v) is 8.69. The second-order valence-electron chi connectivity index (χ2n) is 6.93. The molecule has 0 bridgehead atoms. The number of pyridine rings is 1. The first-order chi connectivity index (χ1) is 12.8. The van der Waals surface area contributed by atoms with Crippen LogP contribution < -0.4 is 5.32 Å². The Hall–Kier alpha value is -3.28. The van der Waals surface area contributed by atoms with Gasteiger partial charge in [0.05, 0.1) is 5.56 Å². The van der Waals surface area contributed by atoms with E-state index >= 15 is 0 Å². The zero-order valence-electron chi connectivity index (χ0n) is 15.4. The van der Waals surface area contributed by atoms with Crippen molar-refractivity contribution in [3.8, 4) is 0 Å². The van der Waals surface area contributed by atoms with E-state index in [-0.39, 0.29) is 28.9 Å². The minimum Gasteiger partial charge on any atom is -0.478 e. The van der Waals surface area contributed by atoms with Crippen LogP contribution in [0.2, 0.25) is 0 Å². The summed E-state index contributed by atoms with van der Waals surface area (Å²) in [6.45, 7) is 5.53. The topological polar surface area (TPSA) is 91.7 Å². The standard InChI is InChI=1S/C21H21N3O3/c1-13(2)21(3)20(27)23-18(24-21)17-16(19(25)26)11-15(12-22-17)10-9-14-7-5-4-6-8-14/h4-13H,1-3H3,(H,25,26)(H,23,24,27)/b10-9-. The molecule has 1 aromatic heterocycles. The van der Waals surface area contributed by atoms with Crippen LogP contribution in [0.3, 0.4) is 0 Å². The number of carboxylic acids is 1. The first kappa shape index (κ1) is 18.5. The highest BCUT2D eigenvalue weighted by Gasteiger charge is 2.43. The molecular weight excluding hydrogens is 342 g/mol. The van der Waals surface area contributed by atoms with Gasteiger partial charge >= 0.3 is 5.97 Å². The van der Waals surface area contributed by atoms with Gasteiger partial charge in [0.25, 0.3) is 5.91 Å². The van der Waals surface area contributed by atoms with Crippen LogP contribution >= 0.6 is 0 Å². The first-order valence-electron chi connectivity index (χ1n) is 8.69. The summed E-state index contributed by atoms with van der Waals surface area (Å²) in [6, 6.07) is 11.2. The predicted molar refractivity (Wildman–Crippen MR) is 104 cm³/mol. The largest absolute Gasteiger partial charge is 0.478 e. The maximum absolute atomic E-state index is 12.3. The van der Waals surface area contributed by atoms with Crippen molar-refractivity contribution in [2.24, 2.45) is 10.9 Å². The van der Waals surface area contributed by atoms with Crippen molar-refractivity contribution < 1.29 is 14.7 Å². The minimum atomic E-state index is -1.12. The molecule has 2 aromatic rings. The van der Waals surface area contributed by atoms with Gasteiger partial charge in [0.15, 0.2) is 5.84 Å². The van der Waals surface area contributed by atoms with Gasteiger partial charge in [0.1, 0.15) is 11.2 Å². The number of aromatic carboxylic acids is 1. The van der Waals surface area contributed by atoms with Gasteiger partial charge in [-0.2, -0.15) is 0 Å². The van der Waals surface area contributed by atoms with Crippen molar-refractivity contribution in [2.45, 2.75) is 26.3 Å². The van der Waals surface area contributed by atoms with Crippen molar-refractivity contribution in [1.82, 2.24) is 10.3 Å². The lowest BCUT2D eigenvalue weighted by Gasteiger charge is -2.21. The van der Waals surface area contributed by atoms with Gasteiger partial charge in [-0.3, -0.25) is 9.78 Å². The molecule has 6 nitrogen and oxygen atoms in total. The van der Waals surface area contributed by atoms with E-state index in [4.69, 9.17) is 0 Å². The number of hydrogen-bond acceptors (Lipinski definition) is 4. The summed E-state index contributed by atoms with van der Waals surface area (Å²) in [5, 5.41) is 12.3. The third-order valence-corrected chi connectivity index (χ3v) is 4.79. The Bertz CT molecular complexity index is 948. The second kappa shape index (κ2) is 7.15. The van der Waals surface area contributed by atoms with E-state index in [2.05, 4.69) is 15.3 Å². The Morgan fingerprint density at radius 2 is 1.85 bits per heavy atom. The summed E-state index contributed by atoms with van der Waals surface area (Å²) in [5.41, 5.74) is 0.878. The Labute approximate surface area is 157 Å². The van der Waals surface area contributed by atoms with Crippen molar-refractivity contribution >= 4 is 29.9 Å². The summed E-state index contributed by atoms with van der Waals surface area (Å²) in [5.74, 6) is -1.20.